The third-order valence-electron chi connectivity index (χ3n) is 10.5. The summed E-state index contributed by atoms with van der Waals surface area (Å²) in [7, 11) is 0. The molecule has 0 amide bonds. The minimum Gasteiger partial charge on any atom is -0.309 e. The van der Waals surface area contributed by atoms with E-state index in [1.807, 2.05) is 63.7 Å². The van der Waals surface area contributed by atoms with E-state index in [0.29, 0.717) is 61.7 Å². The number of rotatable bonds is 4. The predicted octanol–water partition coefficient (Wildman–Crippen LogP) is 12.9. The number of nitriles is 3. The molecule has 0 aliphatic carbocycles. The summed E-state index contributed by atoms with van der Waals surface area (Å²) in [6.07, 6.45) is -10.1. The maximum absolute atomic E-state index is 14.6. The van der Waals surface area contributed by atoms with Gasteiger partial charge in [0.1, 0.15) is 0 Å². The fraction of sp³-hybridized carbons (Fsp3) is 0.0426. The Labute approximate surface area is 325 Å². The van der Waals surface area contributed by atoms with Crippen LogP contribution in [0, 0.1) is 34.0 Å². The van der Waals surface area contributed by atoms with E-state index < -0.39 is 29.0 Å². The Kier molecular flexibility index (Phi) is 8.13. The molecule has 9 aromatic rings. The fourth-order valence-electron chi connectivity index (χ4n) is 7.94. The molecule has 0 unspecified atom stereocenters. The van der Waals surface area contributed by atoms with Crippen molar-refractivity contribution in [3.63, 3.8) is 0 Å². The van der Waals surface area contributed by atoms with E-state index in [0.717, 1.165) is 33.3 Å². The van der Waals surface area contributed by atoms with E-state index >= 15 is 0 Å². The van der Waals surface area contributed by atoms with Crippen LogP contribution in [0.1, 0.15) is 27.8 Å². The van der Waals surface area contributed by atoms with Crippen molar-refractivity contribution < 1.29 is 26.3 Å². The number of nitrogens with zero attached hydrogens (tertiary/aromatic N) is 5. The van der Waals surface area contributed by atoms with Gasteiger partial charge in [-0.3, -0.25) is 0 Å². The molecule has 5 nitrogen and oxygen atoms in total. The van der Waals surface area contributed by atoms with E-state index in [2.05, 4.69) is 18.2 Å². The predicted molar refractivity (Wildman–Crippen MR) is 210 cm³/mol. The maximum Gasteiger partial charge on any atom is 0.417 e. The Morgan fingerprint density at radius 3 is 1.36 bits per heavy atom. The number of hydrogen-bond acceptors (Lipinski definition) is 3. The summed E-state index contributed by atoms with van der Waals surface area (Å²) < 4.78 is 89.0. The molecule has 0 radical (unpaired) electrons. The summed E-state index contributed by atoms with van der Waals surface area (Å²) in [5, 5.41) is 32.8. The molecule has 0 saturated carbocycles. The van der Waals surface area contributed by atoms with Crippen LogP contribution in [0.15, 0.2) is 140 Å². The largest absolute Gasteiger partial charge is 0.417 e. The second-order valence-corrected chi connectivity index (χ2v) is 13.7. The molecule has 7 aromatic carbocycles. The first kappa shape index (κ1) is 35.9. The molecule has 58 heavy (non-hydrogen) atoms. The molecular weight excluding hydrogens is 749 g/mol. The van der Waals surface area contributed by atoms with Crippen LogP contribution in [-0.4, -0.2) is 9.13 Å². The maximum atomic E-state index is 14.6. The Morgan fingerprint density at radius 1 is 0.397 bits per heavy atom. The number of alkyl halides is 6. The van der Waals surface area contributed by atoms with Gasteiger partial charge < -0.3 is 9.13 Å². The Balaban J connectivity index is 1.41. The molecule has 0 bridgehead atoms. The lowest BCUT2D eigenvalue weighted by atomic mass is 9.92. The summed E-state index contributed by atoms with van der Waals surface area (Å²) in [4.78, 5) is 0. The number of hydrogen-bond donors (Lipinski definition) is 0. The molecule has 0 spiro atoms. The first-order valence-corrected chi connectivity index (χ1v) is 17.7. The van der Waals surface area contributed by atoms with Crippen molar-refractivity contribution in [2.75, 3.05) is 0 Å². The Bertz CT molecular complexity index is 3310. The highest BCUT2D eigenvalue weighted by atomic mass is 19.4. The van der Waals surface area contributed by atoms with Gasteiger partial charge in [0.15, 0.2) is 0 Å². The summed E-state index contributed by atoms with van der Waals surface area (Å²) >= 11 is 0. The molecule has 0 aliphatic rings. The van der Waals surface area contributed by atoms with Gasteiger partial charge in [0.25, 0.3) is 0 Å². The lowest BCUT2D eigenvalue weighted by Gasteiger charge is -2.21. The van der Waals surface area contributed by atoms with Crippen LogP contribution in [0.25, 0.3) is 77.2 Å². The van der Waals surface area contributed by atoms with Crippen molar-refractivity contribution in [1.29, 1.82) is 15.8 Å². The molecule has 9 rings (SSSR count). The van der Waals surface area contributed by atoms with E-state index in [1.165, 1.54) is 12.1 Å². The van der Waals surface area contributed by atoms with Crippen LogP contribution in [-0.2, 0) is 12.4 Å². The van der Waals surface area contributed by atoms with Crippen molar-refractivity contribution in [2.24, 2.45) is 0 Å². The SMILES string of the molecule is N#Cc1ccc(-c2ccc(-c3ccc(C(F)(F)F)cc3C(F)(F)F)cc2-n2c3ccccc3c3cc(C#N)ccc32)c(-n2c3ccccc3c3cc(C#N)ccc32)c1. The monoisotopic (exact) mass is 771 g/mol. The molecule has 0 saturated heterocycles. The molecule has 11 heteroatoms. The number of aromatic nitrogens is 2. The standard InChI is InChI=1S/C47H23F6N5/c48-46(49,50)31-13-16-32(39(23-31)47(51,52)53)30-12-15-36(45(22-30)58-41-8-4-2-6-34(41)38-20-28(25-55)11-18-43(38)58)35-14-9-29(26-56)21-44(35)57-40-7-3-1-5-33(40)37-19-27(24-54)10-17-42(37)57/h1-23H. The zero-order valence-electron chi connectivity index (χ0n) is 29.8. The van der Waals surface area contributed by atoms with Gasteiger partial charge in [0.2, 0.25) is 0 Å². The number of benzene rings is 7. The van der Waals surface area contributed by atoms with Crippen molar-refractivity contribution in [3.05, 3.63) is 167 Å². The normalized spacial score (nSPS) is 11.9. The van der Waals surface area contributed by atoms with E-state index in [4.69, 9.17) is 0 Å². The van der Waals surface area contributed by atoms with Gasteiger partial charge in [-0.15, -0.1) is 0 Å². The Morgan fingerprint density at radius 2 is 0.845 bits per heavy atom. The lowest BCUT2D eigenvalue weighted by molar-refractivity contribution is -0.142. The quantitative estimate of drug-likeness (QED) is 0.167. The molecule has 0 fully saturated rings. The van der Waals surface area contributed by atoms with Gasteiger partial charge in [0.05, 0.1) is 79.5 Å². The number of halogens is 6. The van der Waals surface area contributed by atoms with Crippen LogP contribution in [0.2, 0.25) is 0 Å². The van der Waals surface area contributed by atoms with Crippen molar-refractivity contribution >= 4 is 43.6 Å². The van der Waals surface area contributed by atoms with Gasteiger partial charge >= 0.3 is 12.4 Å². The fourth-order valence-corrected chi connectivity index (χ4v) is 7.94. The molecule has 0 N–H and O–H groups in total. The number of para-hydroxylation sites is 2. The summed E-state index contributed by atoms with van der Waals surface area (Å²) in [5.41, 5.74) is 2.70. The zero-order valence-corrected chi connectivity index (χ0v) is 29.8. The third-order valence-corrected chi connectivity index (χ3v) is 10.5. The second kappa shape index (κ2) is 13.2. The molecule has 2 heterocycles. The van der Waals surface area contributed by atoms with Gasteiger partial charge in [-0.1, -0.05) is 60.7 Å². The highest BCUT2D eigenvalue weighted by Crippen LogP contribution is 2.45. The number of fused-ring (bicyclic) bond motifs is 6. The molecule has 278 valence electrons. The van der Waals surface area contributed by atoms with E-state index in [9.17, 15) is 42.1 Å². The van der Waals surface area contributed by atoms with Gasteiger partial charge in [-0.05, 0) is 90.0 Å². The first-order valence-electron chi connectivity index (χ1n) is 17.7. The van der Waals surface area contributed by atoms with E-state index in [-0.39, 0.29) is 11.6 Å². The van der Waals surface area contributed by atoms with Gasteiger partial charge in [-0.25, -0.2) is 0 Å². The summed E-state index contributed by atoms with van der Waals surface area (Å²) in [6, 6.07) is 43.3. The van der Waals surface area contributed by atoms with Crippen LogP contribution in [0.5, 0.6) is 0 Å². The van der Waals surface area contributed by atoms with Crippen LogP contribution >= 0.6 is 0 Å². The molecular formula is C47H23F6N5. The van der Waals surface area contributed by atoms with Crippen molar-refractivity contribution in [1.82, 2.24) is 9.13 Å². The van der Waals surface area contributed by atoms with Gasteiger partial charge in [0, 0.05) is 32.7 Å². The van der Waals surface area contributed by atoms with Crippen molar-refractivity contribution in [3.8, 4) is 51.8 Å². The zero-order chi connectivity index (χ0) is 40.5. The van der Waals surface area contributed by atoms with Crippen LogP contribution < -0.4 is 0 Å². The van der Waals surface area contributed by atoms with Crippen LogP contribution in [0.4, 0.5) is 26.3 Å². The van der Waals surface area contributed by atoms with Crippen molar-refractivity contribution in [2.45, 2.75) is 12.4 Å². The van der Waals surface area contributed by atoms with Gasteiger partial charge in [-0.2, -0.15) is 42.1 Å². The minimum absolute atomic E-state index is 0.00969. The topological polar surface area (TPSA) is 81.2 Å². The third kappa shape index (κ3) is 5.70. The average molecular weight is 772 g/mol. The average Bonchev–Trinajstić information content (AvgIpc) is 3.74. The summed E-state index contributed by atoms with van der Waals surface area (Å²) in [5.74, 6) is 0. The Hall–Kier alpha value is -7.81. The highest BCUT2D eigenvalue weighted by molar-refractivity contribution is 6.12. The second-order valence-electron chi connectivity index (χ2n) is 13.7. The molecule has 2 aromatic heterocycles. The minimum atomic E-state index is -5.13. The first-order chi connectivity index (χ1) is 27.9. The highest BCUT2D eigenvalue weighted by Gasteiger charge is 2.38. The molecule has 0 atom stereocenters. The lowest BCUT2D eigenvalue weighted by Crippen LogP contribution is -2.12. The van der Waals surface area contributed by atoms with Crippen LogP contribution in [0.3, 0.4) is 0 Å². The summed E-state index contributed by atoms with van der Waals surface area (Å²) in [6.45, 7) is 0. The smallest absolute Gasteiger partial charge is 0.309 e. The molecule has 0 aliphatic heterocycles. The van der Waals surface area contributed by atoms with E-state index in [1.54, 1.807) is 54.6 Å².